The average molecular weight is 496 g/mol. The predicted molar refractivity (Wildman–Crippen MR) is 134 cm³/mol. The Morgan fingerprint density at radius 1 is 1.19 bits per heavy atom. The van der Waals surface area contributed by atoms with Crippen LogP contribution in [0.4, 0.5) is 21.9 Å². The van der Waals surface area contributed by atoms with E-state index < -0.39 is 5.91 Å². The molecule has 1 saturated heterocycles. The van der Waals surface area contributed by atoms with E-state index in [1.54, 1.807) is 30.2 Å². The standard InChI is InChI=1S/C25H30N6O5/c1-15-11-17(13-21(29-35)23(15)26)24(33)27-14-22(32)30-8-6-18(7-9-30)31-10-5-16-12-19(36-2)3-4-20(16)28-25(31)34/h3-4,11-13,18H,5-10,14,26H2,1-2H3,(H,27,33)(H,28,34)/p+1. The Hall–Kier alpha value is -4.15. The van der Waals surface area contributed by atoms with E-state index in [1.807, 2.05) is 23.1 Å². The van der Waals surface area contributed by atoms with Crippen molar-refractivity contribution in [2.45, 2.75) is 32.2 Å². The summed E-state index contributed by atoms with van der Waals surface area (Å²) in [6, 6.07) is 8.44. The zero-order chi connectivity index (χ0) is 25.8. The van der Waals surface area contributed by atoms with E-state index in [0.29, 0.717) is 44.5 Å². The fourth-order valence-electron chi connectivity index (χ4n) is 4.71. The van der Waals surface area contributed by atoms with Gasteiger partial charge in [0.05, 0.1) is 13.7 Å². The van der Waals surface area contributed by atoms with E-state index in [4.69, 9.17) is 10.5 Å². The normalized spacial score (nSPS) is 16.0. The molecule has 0 spiro atoms. The molecule has 0 saturated carbocycles. The van der Waals surface area contributed by atoms with Gasteiger partial charge in [0.1, 0.15) is 11.4 Å². The maximum absolute atomic E-state index is 12.9. The number of nitrogens with two attached hydrogens (primary N) is 1. The molecule has 2 aliphatic rings. The molecule has 4 rings (SSSR count). The van der Waals surface area contributed by atoms with Crippen LogP contribution in [0.3, 0.4) is 0 Å². The number of carbonyl (C=O) groups excluding carboxylic acids is 3. The highest BCUT2D eigenvalue weighted by atomic mass is 16.5. The highest BCUT2D eigenvalue weighted by Gasteiger charge is 2.31. The van der Waals surface area contributed by atoms with Crippen LogP contribution in [0.25, 0.3) is 0 Å². The number of amides is 4. The quantitative estimate of drug-likeness (QED) is 0.437. The van der Waals surface area contributed by atoms with Gasteiger partial charge in [-0.2, -0.15) is 0 Å². The summed E-state index contributed by atoms with van der Waals surface area (Å²) in [4.78, 5) is 52.7. The van der Waals surface area contributed by atoms with Gasteiger partial charge in [-0.25, -0.2) is 4.79 Å². The van der Waals surface area contributed by atoms with E-state index in [9.17, 15) is 19.3 Å². The van der Waals surface area contributed by atoms with Crippen LogP contribution in [0.2, 0.25) is 0 Å². The Bertz CT molecular complexity index is 1190. The molecule has 0 radical (unpaired) electrons. The lowest BCUT2D eigenvalue weighted by Gasteiger charge is -2.38. The van der Waals surface area contributed by atoms with Crippen LogP contribution in [0, 0.1) is 11.8 Å². The minimum atomic E-state index is -0.463. The molecule has 36 heavy (non-hydrogen) atoms. The highest BCUT2D eigenvalue weighted by molar-refractivity contribution is 5.98. The molecular formula is C25H31N6O5+. The number of methoxy groups -OCH3 is 1. The fourth-order valence-corrected chi connectivity index (χ4v) is 4.71. The molecule has 0 unspecified atom stereocenters. The van der Waals surface area contributed by atoms with Gasteiger partial charge in [-0.1, -0.05) is 0 Å². The first-order chi connectivity index (χ1) is 17.3. The van der Waals surface area contributed by atoms with Crippen molar-refractivity contribution >= 4 is 34.9 Å². The monoisotopic (exact) mass is 495 g/mol. The first-order valence-corrected chi connectivity index (χ1v) is 11.9. The molecule has 0 aliphatic carbocycles. The van der Waals surface area contributed by atoms with Crippen LogP contribution in [-0.2, 0) is 11.2 Å². The van der Waals surface area contributed by atoms with Crippen molar-refractivity contribution in [1.29, 1.82) is 0 Å². The van der Waals surface area contributed by atoms with Crippen molar-refractivity contribution in [3.05, 3.63) is 51.9 Å². The molecule has 190 valence electrons. The van der Waals surface area contributed by atoms with Crippen LogP contribution < -0.4 is 26.3 Å². The van der Waals surface area contributed by atoms with E-state index in [0.717, 1.165) is 17.0 Å². The average Bonchev–Trinajstić information content (AvgIpc) is 3.06. The van der Waals surface area contributed by atoms with Crippen molar-refractivity contribution in [3.63, 3.8) is 0 Å². The number of hydrogen-bond acceptors (Lipinski definition) is 6. The van der Waals surface area contributed by atoms with Gasteiger partial charge in [-0.15, -0.1) is 0 Å². The molecule has 4 amide bonds. The minimum Gasteiger partial charge on any atom is -0.497 e. The zero-order valence-corrected chi connectivity index (χ0v) is 20.4. The second kappa shape index (κ2) is 10.6. The van der Waals surface area contributed by atoms with Gasteiger partial charge in [0.2, 0.25) is 5.91 Å². The van der Waals surface area contributed by atoms with E-state index in [1.165, 1.54) is 6.07 Å². The number of rotatable bonds is 6. The molecule has 5 N–H and O–H groups in total. The Labute approximate surface area is 208 Å². The summed E-state index contributed by atoms with van der Waals surface area (Å²) in [6.45, 7) is 3.11. The molecule has 0 bridgehead atoms. The summed E-state index contributed by atoms with van der Waals surface area (Å²) >= 11 is 0. The lowest BCUT2D eigenvalue weighted by molar-refractivity contribution is -0.378. The first kappa shape index (κ1) is 25.0. The molecule has 2 aliphatic heterocycles. The van der Waals surface area contributed by atoms with Crippen LogP contribution in [0.15, 0.2) is 30.3 Å². The maximum atomic E-state index is 12.9. The van der Waals surface area contributed by atoms with Crippen molar-refractivity contribution in [3.8, 4) is 5.75 Å². The summed E-state index contributed by atoms with van der Waals surface area (Å²) < 4.78 is 5.29. The summed E-state index contributed by atoms with van der Waals surface area (Å²) in [5.41, 5.74) is 8.87. The van der Waals surface area contributed by atoms with Crippen LogP contribution in [0.1, 0.15) is 34.3 Å². The summed E-state index contributed by atoms with van der Waals surface area (Å²) in [6.07, 6.45) is 2.02. The number of nitrogens with zero attached hydrogens (tertiary/aromatic N) is 2. The number of anilines is 2. The number of nitroso groups, excluding NO2 is 1. The summed E-state index contributed by atoms with van der Waals surface area (Å²) in [5, 5.41) is 7.34. The number of benzene rings is 2. The first-order valence-electron chi connectivity index (χ1n) is 11.9. The molecular weight excluding hydrogens is 464 g/mol. The predicted octanol–water partition coefficient (Wildman–Crippen LogP) is 0.875. The smallest absolute Gasteiger partial charge is 0.322 e. The number of likely N-dealkylation sites (tertiary alicyclic amines) is 1. The maximum Gasteiger partial charge on any atom is 0.322 e. The van der Waals surface area contributed by atoms with Crippen molar-refractivity contribution < 1.29 is 24.3 Å². The molecule has 2 aromatic rings. The van der Waals surface area contributed by atoms with Crippen molar-refractivity contribution in [1.82, 2.24) is 15.1 Å². The van der Waals surface area contributed by atoms with Gasteiger partial charge in [0, 0.05) is 53.1 Å². The van der Waals surface area contributed by atoms with Gasteiger partial charge in [-0.3, -0.25) is 9.59 Å². The molecule has 11 heteroatoms. The number of hydrogen-bond donors (Lipinski definition) is 4. The lowest BCUT2D eigenvalue weighted by atomic mass is 10.0. The fraction of sp³-hybridized carbons (Fsp3) is 0.400. The van der Waals surface area contributed by atoms with Gasteiger partial charge in [0.25, 0.3) is 11.6 Å². The number of nitrogens with one attached hydrogen (secondary N) is 3. The van der Waals surface area contributed by atoms with Crippen LogP contribution in [-0.4, -0.2) is 67.0 Å². The number of ether oxygens (including phenoxy) is 1. The Balaban J connectivity index is 1.29. The highest BCUT2D eigenvalue weighted by Crippen LogP contribution is 2.27. The number of nitrogen functional groups attached to an aromatic ring is 1. The number of fused-ring (bicyclic) bond motifs is 1. The molecule has 11 nitrogen and oxygen atoms in total. The van der Waals surface area contributed by atoms with Crippen LogP contribution >= 0.6 is 0 Å². The number of piperidine rings is 1. The SMILES string of the molecule is COc1ccc2c(c1)CCN(C1CCN(C(=O)CNC(=O)c3cc(C)c(N)c([NH+]=O)c3)CC1)C(=O)N2. The molecule has 0 atom stereocenters. The van der Waals surface area contributed by atoms with E-state index >= 15 is 0 Å². The largest absolute Gasteiger partial charge is 0.497 e. The third-order valence-electron chi connectivity index (χ3n) is 6.85. The van der Waals surface area contributed by atoms with Gasteiger partial charge < -0.3 is 30.9 Å². The van der Waals surface area contributed by atoms with E-state index in [2.05, 4.69) is 10.6 Å². The van der Waals surface area contributed by atoms with Gasteiger partial charge in [-0.05, 0) is 61.6 Å². The Morgan fingerprint density at radius 2 is 1.94 bits per heavy atom. The van der Waals surface area contributed by atoms with E-state index in [-0.39, 0.29) is 41.5 Å². The summed E-state index contributed by atoms with van der Waals surface area (Å²) in [5.74, 6) is 0.0932. The number of urea groups is 1. The topological polar surface area (TPSA) is 148 Å². The Morgan fingerprint density at radius 3 is 2.64 bits per heavy atom. The Kier molecular flexibility index (Phi) is 7.37. The summed E-state index contributed by atoms with van der Waals surface area (Å²) in [7, 11) is 1.62. The molecule has 1 fully saturated rings. The van der Waals surface area contributed by atoms with Gasteiger partial charge >= 0.3 is 6.03 Å². The van der Waals surface area contributed by atoms with Crippen molar-refractivity contribution in [2.75, 3.05) is 44.3 Å². The zero-order valence-electron chi connectivity index (χ0n) is 20.4. The van der Waals surface area contributed by atoms with Gasteiger partial charge in [0.15, 0.2) is 0 Å². The number of aryl methyl sites for hydroxylation is 1. The second-order valence-corrected chi connectivity index (χ2v) is 9.05. The third kappa shape index (κ3) is 5.24. The second-order valence-electron chi connectivity index (χ2n) is 9.05. The minimum absolute atomic E-state index is 0.0237. The molecule has 0 aromatic heterocycles. The van der Waals surface area contributed by atoms with Crippen LogP contribution in [0.5, 0.6) is 5.75 Å². The third-order valence-corrected chi connectivity index (χ3v) is 6.85. The molecule has 2 heterocycles. The lowest BCUT2D eigenvalue weighted by Crippen LogP contribution is -2.56. The van der Waals surface area contributed by atoms with Crippen molar-refractivity contribution in [2.24, 2.45) is 0 Å². The molecule has 2 aromatic carbocycles. The number of carbonyl (C=O) groups is 3.